The van der Waals surface area contributed by atoms with E-state index in [2.05, 4.69) is 5.43 Å². The van der Waals surface area contributed by atoms with E-state index < -0.39 is 0 Å². The third kappa shape index (κ3) is 2.91. The van der Waals surface area contributed by atoms with Gasteiger partial charge in [0.1, 0.15) is 17.1 Å². The highest BCUT2D eigenvalue weighted by molar-refractivity contribution is 5.70. The first kappa shape index (κ1) is 13.9. The lowest BCUT2D eigenvalue weighted by Crippen LogP contribution is -2.28. The molecule has 2 aromatic rings. The molecule has 0 unspecified atom stereocenters. The van der Waals surface area contributed by atoms with E-state index in [1.807, 2.05) is 0 Å². The van der Waals surface area contributed by atoms with Gasteiger partial charge in [0.25, 0.3) is 0 Å². The molecule has 4 N–H and O–H groups in total. The number of ether oxygens (including phenoxy) is 1. The highest BCUT2D eigenvalue weighted by atomic mass is 16.8. The van der Waals surface area contributed by atoms with Gasteiger partial charge < -0.3 is 4.74 Å². The number of benzene rings is 2. The van der Waals surface area contributed by atoms with Gasteiger partial charge in [-0.25, -0.2) is 0 Å². The van der Waals surface area contributed by atoms with Crippen molar-refractivity contribution in [3.63, 3.8) is 0 Å². The Kier molecular flexibility index (Phi) is 4.26. The average molecular weight is 277 g/mol. The fourth-order valence-electron chi connectivity index (χ4n) is 1.72. The zero-order valence-electron chi connectivity index (χ0n) is 10.8. The molecule has 0 fully saturated rings. The van der Waals surface area contributed by atoms with Crippen LogP contribution in [0.25, 0.3) is 0 Å². The molecule has 0 aliphatic rings. The Labute approximate surface area is 115 Å². The van der Waals surface area contributed by atoms with E-state index >= 15 is 0 Å². The normalized spacial score (nSPS) is 10.0. The van der Waals surface area contributed by atoms with E-state index in [-0.39, 0.29) is 16.6 Å². The zero-order valence-corrected chi connectivity index (χ0v) is 10.8. The zero-order chi connectivity index (χ0) is 14.5. The van der Waals surface area contributed by atoms with Crippen molar-refractivity contribution in [2.75, 3.05) is 22.9 Å². The topological polar surface area (TPSA) is 88.4 Å². The number of nitrogens with one attached hydrogen (secondary N) is 1. The van der Waals surface area contributed by atoms with Crippen LogP contribution < -0.4 is 20.6 Å². The van der Waals surface area contributed by atoms with E-state index in [0.29, 0.717) is 16.6 Å². The summed E-state index contributed by atoms with van der Waals surface area (Å²) in [6.07, 6.45) is 0. The van der Waals surface area contributed by atoms with Crippen LogP contribution in [0.3, 0.4) is 0 Å². The highest BCUT2D eigenvalue weighted by Gasteiger charge is 2.13. The number of methoxy groups -OCH3 is 1. The standard InChI is InChI=1S/C13H15N3O4/c1-20-13-9-5-2-6-10(13)14-15(17)11-7-3-4-8-12(11)16(18)19/h2-9,14,17-19H,1H3. The third-order valence-electron chi connectivity index (χ3n) is 2.66. The van der Waals surface area contributed by atoms with Gasteiger partial charge in [-0.1, -0.05) is 24.3 Å². The highest BCUT2D eigenvalue weighted by Crippen LogP contribution is 2.29. The fraction of sp³-hybridized carbons (Fsp3) is 0.0769. The molecule has 0 aliphatic heterocycles. The summed E-state index contributed by atoms with van der Waals surface area (Å²) in [6.45, 7) is 0. The first-order valence-electron chi connectivity index (χ1n) is 5.79. The minimum absolute atomic E-state index is 0.0115. The molecule has 0 spiro atoms. The first-order chi connectivity index (χ1) is 9.63. The minimum Gasteiger partial charge on any atom is -0.495 e. The molecule has 20 heavy (non-hydrogen) atoms. The summed E-state index contributed by atoms with van der Waals surface area (Å²) in [6, 6.07) is 13.2. The van der Waals surface area contributed by atoms with Gasteiger partial charge in [-0.2, -0.15) is 5.17 Å². The molecule has 106 valence electrons. The van der Waals surface area contributed by atoms with Crippen molar-refractivity contribution < 1.29 is 20.4 Å². The molecule has 0 aromatic heterocycles. The molecule has 0 saturated heterocycles. The summed E-state index contributed by atoms with van der Waals surface area (Å²) in [5, 5.41) is 28.9. The van der Waals surface area contributed by atoms with Crippen LogP contribution in [-0.2, 0) is 0 Å². The first-order valence-corrected chi connectivity index (χ1v) is 5.79. The lowest BCUT2D eigenvalue weighted by atomic mass is 10.2. The van der Waals surface area contributed by atoms with Crippen molar-refractivity contribution in [3.05, 3.63) is 48.5 Å². The largest absolute Gasteiger partial charge is 0.495 e. The third-order valence-corrected chi connectivity index (χ3v) is 2.66. The van der Waals surface area contributed by atoms with E-state index in [4.69, 9.17) is 15.2 Å². The van der Waals surface area contributed by atoms with Gasteiger partial charge in [-0.3, -0.25) is 21.0 Å². The second kappa shape index (κ2) is 6.11. The maximum absolute atomic E-state index is 10.0. The SMILES string of the molecule is COc1ccccc1NN(O)c1ccccc1N(O)O. The molecule has 7 heteroatoms. The predicted molar refractivity (Wildman–Crippen MR) is 73.4 cm³/mol. The van der Waals surface area contributed by atoms with Crippen molar-refractivity contribution in [2.24, 2.45) is 0 Å². The van der Waals surface area contributed by atoms with Crippen LogP contribution in [0.1, 0.15) is 0 Å². The molecule has 2 rings (SSSR count). The molecule has 0 amide bonds. The van der Waals surface area contributed by atoms with E-state index in [1.165, 1.54) is 19.2 Å². The van der Waals surface area contributed by atoms with Gasteiger partial charge in [0.2, 0.25) is 0 Å². The number of rotatable bonds is 5. The van der Waals surface area contributed by atoms with Crippen LogP contribution >= 0.6 is 0 Å². The van der Waals surface area contributed by atoms with E-state index in [9.17, 15) is 5.21 Å². The number of hydrazine groups is 1. The number of nitrogens with zero attached hydrogens (tertiary/aromatic N) is 2. The Morgan fingerprint density at radius 2 is 1.50 bits per heavy atom. The Hall–Kier alpha value is -2.48. The lowest BCUT2D eigenvalue weighted by Gasteiger charge is -2.23. The quantitative estimate of drug-likeness (QED) is 0.624. The van der Waals surface area contributed by atoms with Gasteiger partial charge in [-0.15, -0.1) is 5.23 Å². The summed E-state index contributed by atoms with van der Waals surface area (Å²) in [5.41, 5.74) is 3.38. The van der Waals surface area contributed by atoms with Crippen LogP contribution in [-0.4, -0.2) is 22.7 Å². The molecule has 0 aliphatic carbocycles. The second-order valence-corrected chi connectivity index (χ2v) is 3.90. The summed E-state index contributed by atoms with van der Waals surface area (Å²) in [4.78, 5) is 0. The van der Waals surface area contributed by atoms with Crippen LogP contribution in [0, 0.1) is 0 Å². The van der Waals surface area contributed by atoms with Crippen molar-refractivity contribution >= 4 is 17.1 Å². The molecular formula is C13H15N3O4. The molecule has 0 bridgehead atoms. The molecule has 0 saturated carbocycles. The van der Waals surface area contributed by atoms with E-state index in [0.717, 1.165) is 0 Å². The summed E-state index contributed by atoms with van der Waals surface area (Å²) in [7, 11) is 1.51. The van der Waals surface area contributed by atoms with Crippen LogP contribution in [0.15, 0.2) is 48.5 Å². The molecule has 0 radical (unpaired) electrons. The monoisotopic (exact) mass is 277 g/mol. The van der Waals surface area contributed by atoms with Gasteiger partial charge in [-0.05, 0) is 24.3 Å². The Morgan fingerprint density at radius 1 is 0.900 bits per heavy atom. The van der Waals surface area contributed by atoms with Gasteiger partial charge in [0, 0.05) is 0 Å². The molecule has 7 nitrogen and oxygen atoms in total. The second-order valence-electron chi connectivity index (χ2n) is 3.90. The average Bonchev–Trinajstić information content (AvgIpc) is 2.47. The Balaban J connectivity index is 2.26. The number of hydrogen-bond acceptors (Lipinski definition) is 7. The smallest absolute Gasteiger partial charge is 0.143 e. The van der Waals surface area contributed by atoms with Gasteiger partial charge in [0.15, 0.2) is 0 Å². The number of anilines is 3. The summed E-state index contributed by atoms with van der Waals surface area (Å²) in [5.74, 6) is 0.536. The van der Waals surface area contributed by atoms with Crippen molar-refractivity contribution in [1.82, 2.24) is 0 Å². The number of para-hydroxylation sites is 4. The predicted octanol–water partition coefficient (Wildman–Crippen LogP) is 2.50. The van der Waals surface area contributed by atoms with Crippen LogP contribution in [0.2, 0.25) is 0 Å². The van der Waals surface area contributed by atoms with Crippen LogP contribution in [0.5, 0.6) is 5.75 Å². The number of hydrogen-bond donors (Lipinski definition) is 4. The van der Waals surface area contributed by atoms with Gasteiger partial charge >= 0.3 is 0 Å². The minimum atomic E-state index is -0.0670. The molecular weight excluding hydrogens is 262 g/mol. The molecule has 2 aromatic carbocycles. The van der Waals surface area contributed by atoms with E-state index in [1.54, 1.807) is 36.4 Å². The maximum Gasteiger partial charge on any atom is 0.143 e. The summed E-state index contributed by atoms with van der Waals surface area (Å²) < 4.78 is 5.15. The van der Waals surface area contributed by atoms with Crippen LogP contribution in [0.4, 0.5) is 17.1 Å². The van der Waals surface area contributed by atoms with Gasteiger partial charge in [0.05, 0.1) is 12.8 Å². The van der Waals surface area contributed by atoms with Crippen molar-refractivity contribution in [3.8, 4) is 5.75 Å². The van der Waals surface area contributed by atoms with Crippen molar-refractivity contribution in [2.45, 2.75) is 0 Å². The Bertz CT molecular complexity index is 577. The fourth-order valence-corrected chi connectivity index (χ4v) is 1.72. The molecule has 0 heterocycles. The Morgan fingerprint density at radius 3 is 2.15 bits per heavy atom. The van der Waals surface area contributed by atoms with Crippen molar-refractivity contribution in [1.29, 1.82) is 0 Å². The summed E-state index contributed by atoms with van der Waals surface area (Å²) >= 11 is 0. The lowest BCUT2D eigenvalue weighted by molar-refractivity contribution is 0.0289. The maximum atomic E-state index is 10.0. The molecule has 0 atom stereocenters.